The number of halogens is 5. The van der Waals surface area contributed by atoms with E-state index in [0.29, 0.717) is 28.2 Å². The van der Waals surface area contributed by atoms with E-state index < -0.39 is 65.9 Å². The lowest BCUT2D eigenvalue weighted by Crippen LogP contribution is -2.31. The summed E-state index contributed by atoms with van der Waals surface area (Å²) in [6.07, 6.45) is -5.21. The summed E-state index contributed by atoms with van der Waals surface area (Å²) in [4.78, 5) is 27.3. The molecule has 1 amide bonds. The molecule has 234 valence electrons. The maximum atomic E-state index is 14.3. The van der Waals surface area contributed by atoms with Gasteiger partial charge in [0.25, 0.3) is 0 Å². The fraction of sp³-hybridized carbons (Fsp3) is 0.192. The molecule has 1 aromatic heterocycles. The number of amides is 1. The number of carbonyl (C=O) groups excluding carboxylic acids is 1. The quantitative estimate of drug-likeness (QED) is 0.217. The standard InChI is InChI=1S/C24H20F2N4O5S2.C2HF3O2/c25-16-9-10-21(17(26)12-16)36(32,33)29-20(24-27-18-3-1-2-4-19(18)28-24)11-14-5-7-15(8-6-14)22-13-23(31)30-37(22,34)35;3-2(4,5)1(6)7/h1-10,12,20,22,29H,11,13H2,(H,27,28)(H,30,31);(H,6,7)/t20-,22?;/m0./s1. The lowest BCUT2D eigenvalue weighted by molar-refractivity contribution is -0.192. The second kappa shape index (κ2) is 12.3. The molecule has 0 spiro atoms. The molecular weight excluding hydrogens is 639 g/mol. The number of nitrogens with one attached hydrogen (secondary N) is 3. The SMILES string of the molecule is O=C(O)C(F)(F)F.O=C1CC(c2ccc(C[C@H](NS(=O)(=O)c3ccc(F)cc3F)c3nc4ccccc4[nH]3)cc2)S(=O)(=O)N1. The van der Waals surface area contributed by atoms with Crippen molar-refractivity contribution in [2.24, 2.45) is 0 Å². The van der Waals surface area contributed by atoms with Gasteiger partial charge in [-0.2, -0.15) is 13.2 Å². The normalized spacial score (nSPS) is 17.0. The lowest BCUT2D eigenvalue weighted by Gasteiger charge is -2.18. The van der Waals surface area contributed by atoms with Gasteiger partial charge in [-0.05, 0) is 41.8 Å². The second-order valence-electron chi connectivity index (χ2n) is 9.40. The molecule has 0 radical (unpaired) electrons. The minimum atomic E-state index is -5.08. The van der Waals surface area contributed by atoms with Crippen LogP contribution in [0.4, 0.5) is 22.0 Å². The smallest absolute Gasteiger partial charge is 0.475 e. The zero-order chi connectivity index (χ0) is 32.4. The van der Waals surface area contributed by atoms with Crippen LogP contribution in [-0.2, 0) is 36.1 Å². The third kappa shape index (κ3) is 7.56. The van der Waals surface area contributed by atoms with Gasteiger partial charge in [-0.3, -0.25) is 9.52 Å². The minimum absolute atomic E-state index is 0.0662. The number of carboxylic acids is 1. The summed E-state index contributed by atoms with van der Waals surface area (Å²) in [7, 11) is -8.25. The Kier molecular flexibility index (Phi) is 9.08. The molecule has 1 saturated heterocycles. The Morgan fingerprint density at radius 3 is 2.25 bits per heavy atom. The third-order valence-corrected chi connectivity index (χ3v) is 9.46. The number of carbonyl (C=O) groups is 2. The van der Waals surface area contributed by atoms with Crippen molar-refractivity contribution in [2.75, 3.05) is 0 Å². The Labute approximate surface area is 246 Å². The van der Waals surface area contributed by atoms with Crippen LogP contribution in [0, 0.1) is 11.6 Å². The summed E-state index contributed by atoms with van der Waals surface area (Å²) < 4.78 is 114. The van der Waals surface area contributed by atoms with Gasteiger partial charge in [-0.25, -0.2) is 40.1 Å². The van der Waals surface area contributed by atoms with Crippen molar-refractivity contribution in [2.45, 2.75) is 35.2 Å². The molecule has 4 aromatic rings. The number of carboxylic acid groups (broad SMARTS) is 1. The summed E-state index contributed by atoms with van der Waals surface area (Å²) in [6.45, 7) is 0. The molecule has 11 nitrogen and oxygen atoms in total. The predicted molar refractivity (Wildman–Crippen MR) is 144 cm³/mol. The van der Waals surface area contributed by atoms with E-state index in [0.717, 1.165) is 12.1 Å². The Balaban J connectivity index is 0.000000566. The number of alkyl halides is 3. The van der Waals surface area contributed by atoms with Gasteiger partial charge < -0.3 is 10.1 Å². The Hall–Kier alpha value is -4.42. The molecule has 2 atom stereocenters. The van der Waals surface area contributed by atoms with Gasteiger partial charge in [0.1, 0.15) is 27.6 Å². The second-order valence-corrected chi connectivity index (χ2v) is 12.9. The van der Waals surface area contributed by atoms with Crippen LogP contribution in [0.3, 0.4) is 0 Å². The number of aromatic amines is 1. The molecule has 1 aliphatic heterocycles. The van der Waals surface area contributed by atoms with E-state index in [9.17, 15) is 43.6 Å². The molecule has 1 aliphatic rings. The van der Waals surface area contributed by atoms with E-state index in [1.165, 1.54) is 0 Å². The molecular formula is C26H21F5N4O7S2. The summed E-state index contributed by atoms with van der Waals surface area (Å²) in [5.41, 5.74) is 2.28. The number of imidazole rings is 1. The molecule has 0 saturated carbocycles. The Morgan fingerprint density at radius 1 is 1.07 bits per heavy atom. The molecule has 44 heavy (non-hydrogen) atoms. The van der Waals surface area contributed by atoms with E-state index in [4.69, 9.17) is 9.90 Å². The van der Waals surface area contributed by atoms with Crippen molar-refractivity contribution in [3.05, 3.63) is 95.3 Å². The first-order valence-corrected chi connectivity index (χ1v) is 15.3. The van der Waals surface area contributed by atoms with Gasteiger partial charge in [0.2, 0.25) is 26.0 Å². The van der Waals surface area contributed by atoms with Crippen molar-refractivity contribution >= 4 is 43.0 Å². The monoisotopic (exact) mass is 660 g/mol. The molecule has 2 heterocycles. The van der Waals surface area contributed by atoms with Gasteiger partial charge in [0.05, 0.1) is 23.5 Å². The first-order valence-electron chi connectivity index (χ1n) is 12.3. The van der Waals surface area contributed by atoms with Crippen LogP contribution >= 0.6 is 0 Å². The van der Waals surface area contributed by atoms with E-state index in [1.807, 2.05) is 4.72 Å². The minimum Gasteiger partial charge on any atom is -0.475 e. The van der Waals surface area contributed by atoms with Crippen molar-refractivity contribution < 1.29 is 53.5 Å². The maximum Gasteiger partial charge on any atom is 0.490 e. The highest BCUT2D eigenvalue weighted by Gasteiger charge is 2.39. The van der Waals surface area contributed by atoms with E-state index in [-0.39, 0.29) is 18.7 Å². The van der Waals surface area contributed by atoms with Crippen LogP contribution in [0.15, 0.2) is 71.6 Å². The van der Waals surface area contributed by atoms with Crippen molar-refractivity contribution in [3.8, 4) is 0 Å². The van der Waals surface area contributed by atoms with Crippen molar-refractivity contribution in [3.63, 3.8) is 0 Å². The molecule has 1 fully saturated rings. The number of fused-ring (bicyclic) bond motifs is 1. The first kappa shape index (κ1) is 32.5. The summed E-state index contributed by atoms with van der Waals surface area (Å²) in [5.74, 6) is -5.22. The summed E-state index contributed by atoms with van der Waals surface area (Å²) >= 11 is 0. The average Bonchev–Trinajstić information content (AvgIpc) is 3.47. The topological polar surface area (TPSA) is 175 Å². The highest BCUT2D eigenvalue weighted by Crippen LogP contribution is 2.31. The maximum absolute atomic E-state index is 14.3. The van der Waals surface area contributed by atoms with Crippen LogP contribution < -0.4 is 9.44 Å². The van der Waals surface area contributed by atoms with Gasteiger partial charge in [-0.15, -0.1) is 0 Å². The number of rotatable bonds is 7. The Bertz CT molecular complexity index is 1900. The number of benzene rings is 3. The van der Waals surface area contributed by atoms with Crippen LogP contribution in [0.2, 0.25) is 0 Å². The van der Waals surface area contributed by atoms with Crippen LogP contribution in [-0.4, -0.2) is 50.0 Å². The van der Waals surface area contributed by atoms with Gasteiger partial charge in [0.15, 0.2) is 0 Å². The van der Waals surface area contributed by atoms with Crippen LogP contribution in [0.5, 0.6) is 0 Å². The number of aliphatic carboxylic acids is 1. The van der Waals surface area contributed by atoms with E-state index >= 15 is 0 Å². The summed E-state index contributed by atoms with van der Waals surface area (Å²) in [5, 5.41) is 6.11. The van der Waals surface area contributed by atoms with E-state index in [1.54, 1.807) is 48.5 Å². The zero-order valence-electron chi connectivity index (χ0n) is 22.0. The molecule has 0 bridgehead atoms. The fourth-order valence-corrected chi connectivity index (χ4v) is 6.91. The van der Waals surface area contributed by atoms with Crippen LogP contribution in [0.1, 0.15) is 34.7 Å². The predicted octanol–water partition coefficient (Wildman–Crippen LogP) is 3.63. The van der Waals surface area contributed by atoms with Crippen molar-refractivity contribution in [1.82, 2.24) is 19.4 Å². The molecule has 5 rings (SSSR count). The molecule has 0 aliphatic carbocycles. The number of hydrogen-bond donors (Lipinski definition) is 4. The van der Waals surface area contributed by atoms with E-state index in [2.05, 4.69) is 14.7 Å². The number of H-pyrrole nitrogens is 1. The number of aromatic nitrogens is 2. The largest absolute Gasteiger partial charge is 0.490 e. The molecule has 1 unspecified atom stereocenters. The molecule has 4 N–H and O–H groups in total. The molecule has 18 heteroatoms. The average molecular weight is 661 g/mol. The fourth-order valence-electron chi connectivity index (χ4n) is 4.23. The van der Waals surface area contributed by atoms with Gasteiger partial charge in [-0.1, -0.05) is 36.4 Å². The molecule has 3 aromatic carbocycles. The van der Waals surface area contributed by atoms with Crippen LogP contribution in [0.25, 0.3) is 11.0 Å². The highest BCUT2D eigenvalue weighted by molar-refractivity contribution is 7.90. The number of sulfonamides is 2. The third-order valence-electron chi connectivity index (χ3n) is 6.25. The highest BCUT2D eigenvalue weighted by atomic mass is 32.2. The number of para-hydroxylation sites is 2. The van der Waals surface area contributed by atoms with Crippen molar-refractivity contribution in [1.29, 1.82) is 0 Å². The first-order chi connectivity index (χ1) is 20.5. The number of hydrogen-bond acceptors (Lipinski definition) is 7. The summed E-state index contributed by atoms with van der Waals surface area (Å²) in [6, 6.07) is 14.6. The van der Waals surface area contributed by atoms with Gasteiger partial charge >= 0.3 is 12.1 Å². The van der Waals surface area contributed by atoms with Gasteiger partial charge in [0, 0.05) is 6.07 Å². The zero-order valence-corrected chi connectivity index (χ0v) is 23.6. The lowest BCUT2D eigenvalue weighted by atomic mass is 10.0. The number of nitrogens with zero attached hydrogens (tertiary/aromatic N) is 1. The Morgan fingerprint density at radius 2 is 1.70 bits per heavy atom.